The van der Waals surface area contributed by atoms with E-state index in [2.05, 4.69) is 25.1 Å². The Morgan fingerprint density at radius 2 is 2.14 bits per heavy atom. The molecule has 0 saturated heterocycles. The highest BCUT2D eigenvalue weighted by Crippen LogP contribution is 2.23. The van der Waals surface area contributed by atoms with Gasteiger partial charge in [-0.25, -0.2) is 0 Å². The van der Waals surface area contributed by atoms with Gasteiger partial charge in [0, 0.05) is 11.1 Å². The van der Waals surface area contributed by atoms with E-state index in [1.54, 1.807) is 0 Å². The second-order valence-electron chi connectivity index (χ2n) is 3.61. The van der Waals surface area contributed by atoms with E-state index in [-0.39, 0.29) is 0 Å². The van der Waals surface area contributed by atoms with Gasteiger partial charge in [-0.2, -0.15) is 0 Å². The molecule has 0 aliphatic carbocycles. The molecule has 0 spiro atoms. The molecule has 2 N–H and O–H groups in total. The van der Waals surface area contributed by atoms with Gasteiger partial charge in [0.25, 0.3) is 0 Å². The van der Waals surface area contributed by atoms with Crippen molar-refractivity contribution in [3.8, 4) is 0 Å². The molecule has 1 aromatic rings. The molecule has 2 nitrogen and oxygen atoms in total. The summed E-state index contributed by atoms with van der Waals surface area (Å²) < 4.78 is 0. The van der Waals surface area contributed by atoms with Gasteiger partial charge in [0.05, 0.1) is 0 Å². The monoisotopic (exact) mass is 212 g/mol. The first-order valence-electron chi connectivity index (χ1n) is 4.77. The molecular weight excluding hydrogens is 196 g/mol. The maximum atomic E-state index is 5.94. The van der Waals surface area contributed by atoms with Crippen LogP contribution in [0.3, 0.4) is 0 Å². The molecule has 1 rings (SSSR count). The Bertz CT molecular complexity index is 286. The Hall–Kier alpha value is -0.570. The van der Waals surface area contributed by atoms with Crippen molar-refractivity contribution in [2.24, 2.45) is 5.73 Å². The number of nitrogens with two attached hydrogens (primary N) is 1. The summed E-state index contributed by atoms with van der Waals surface area (Å²) in [5.41, 5.74) is 6.81. The van der Waals surface area contributed by atoms with E-state index in [0.717, 1.165) is 11.4 Å². The predicted molar refractivity (Wildman–Crippen MR) is 61.6 cm³/mol. The molecule has 0 heterocycles. The standard InChI is InChI=1S/C11H17ClN2/c1-14(2)11(6-7-13)9-4-3-5-10(12)8-9/h3-5,8,11H,6-7,13H2,1-2H3/t11-/m0/s1. The van der Waals surface area contributed by atoms with Gasteiger partial charge in [0.15, 0.2) is 0 Å². The Labute approximate surface area is 90.7 Å². The summed E-state index contributed by atoms with van der Waals surface area (Å²) >= 11 is 5.94. The SMILES string of the molecule is CN(C)[C@@H](CCN)c1cccc(Cl)c1. The molecule has 0 aromatic heterocycles. The Kier molecular flexibility index (Phi) is 4.39. The van der Waals surface area contributed by atoms with Crippen LogP contribution in [0.15, 0.2) is 24.3 Å². The van der Waals surface area contributed by atoms with Crippen LogP contribution in [0.1, 0.15) is 18.0 Å². The van der Waals surface area contributed by atoms with Crippen molar-refractivity contribution in [3.63, 3.8) is 0 Å². The highest BCUT2D eigenvalue weighted by Gasteiger charge is 2.12. The fourth-order valence-corrected chi connectivity index (χ4v) is 1.79. The normalized spacial score (nSPS) is 13.2. The summed E-state index contributed by atoms with van der Waals surface area (Å²) in [7, 11) is 4.11. The number of rotatable bonds is 4. The third-order valence-electron chi connectivity index (χ3n) is 2.30. The molecule has 0 bridgehead atoms. The van der Waals surface area contributed by atoms with Gasteiger partial charge in [-0.15, -0.1) is 0 Å². The van der Waals surface area contributed by atoms with Crippen LogP contribution in [0.25, 0.3) is 0 Å². The lowest BCUT2D eigenvalue weighted by atomic mass is 10.0. The third-order valence-corrected chi connectivity index (χ3v) is 2.53. The highest BCUT2D eigenvalue weighted by atomic mass is 35.5. The van der Waals surface area contributed by atoms with Gasteiger partial charge >= 0.3 is 0 Å². The maximum Gasteiger partial charge on any atom is 0.0409 e. The summed E-state index contributed by atoms with van der Waals surface area (Å²) in [6.07, 6.45) is 0.952. The molecule has 0 aliphatic rings. The number of halogens is 1. The molecule has 14 heavy (non-hydrogen) atoms. The second kappa shape index (κ2) is 5.35. The van der Waals surface area contributed by atoms with E-state index in [9.17, 15) is 0 Å². The molecule has 78 valence electrons. The highest BCUT2D eigenvalue weighted by molar-refractivity contribution is 6.30. The van der Waals surface area contributed by atoms with Gasteiger partial charge in [-0.05, 0) is 44.8 Å². The van der Waals surface area contributed by atoms with Crippen molar-refractivity contribution >= 4 is 11.6 Å². The second-order valence-corrected chi connectivity index (χ2v) is 4.05. The van der Waals surface area contributed by atoms with E-state index < -0.39 is 0 Å². The topological polar surface area (TPSA) is 29.3 Å². The van der Waals surface area contributed by atoms with Crippen molar-refractivity contribution in [2.75, 3.05) is 20.6 Å². The fourth-order valence-electron chi connectivity index (χ4n) is 1.59. The largest absolute Gasteiger partial charge is 0.330 e. The van der Waals surface area contributed by atoms with E-state index >= 15 is 0 Å². The smallest absolute Gasteiger partial charge is 0.0409 e. The van der Waals surface area contributed by atoms with Crippen molar-refractivity contribution in [1.82, 2.24) is 4.90 Å². The minimum Gasteiger partial charge on any atom is -0.330 e. The zero-order valence-electron chi connectivity index (χ0n) is 8.70. The molecule has 1 aromatic carbocycles. The van der Waals surface area contributed by atoms with Crippen LogP contribution in [0.5, 0.6) is 0 Å². The van der Waals surface area contributed by atoms with Crippen LogP contribution in [0.2, 0.25) is 5.02 Å². The Morgan fingerprint density at radius 1 is 1.43 bits per heavy atom. The van der Waals surface area contributed by atoms with E-state index in [4.69, 9.17) is 17.3 Å². The first kappa shape index (κ1) is 11.5. The Morgan fingerprint density at radius 3 is 2.64 bits per heavy atom. The van der Waals surface area contributed by atoms with Crippen molar-refractivity contribution in [2.45, 2.75) is 12.5 Å². The first-order valence-corrected chi connectivity index (χ1v) is 5.15. The van der Waals surface area contributed by atoms with Gasteiger partial charge in [-0.1, -0.05) is 23.7 Å². The van der Waals surface area contributed by atoms with Crippen LogP contribution in [-0.2, 0) is 0 Å². The molecule has 0 amide bonds. The minimum absolute atomic E-state index is 0.360. The van der Waals surface area contributed by atoms with Crippen LogP contribution < -0.4 is 5.73 Å². The zero-order valence-corrected chi connectivity index (χ0v) is 9.46. The number of benzene rings is 1. The lowest BCUT2D eigenvalue weighted by Gasteiger charge is -2.24. The summed E-state index contributed by atoms with van der Waals surface area (Å²) in [6.45, 7) is 0.690. The van der Waals surface area contributed by atoms with Crippen LogP contribution in [0.4, 0.5) is 0 Å². The van der Waals surface area contributed by atoms with Gasteiger partial charge in [-0.3, -0.25) is 0 Å². The average molecular weight is 213 g/mol. The van der Waals surface area contributed by atoms with Crippen molar-refractivity contribution < 1.29 is 0 Å². The maximum absolute atomic E-state index is 5.94. The fraction of sp³-hybridized carbons (Fsp3) is 0.455. The lowest BCUT2D eigenvalue weighted by Crippen LogP contribution is -2.22. The molecule has 0 aliphatic heterocycles. The summed E-state index contributed by atoms with van der Waals surface area (Å²) in [6, 6.07) is 8.32. The third kappa shape index (κ3) is 2.98. The summed E-state index contributed by atoms with van der Waals surface area (Å²) in [4.78, 5) is 2.17. The molecule has 0 fully saturated rings. The predicted octanol–water partition coefficient (Wildman–Crippen LogP) is 2.29. The van der Waals surface area contributed by atoms with Gasteiger partial charge in [0.1, 0.15) is 0 Å². The molecule has 0 unspecified atom stereocenters. The number of hydrogen-bond donors (Lipinski definition) is 1. The molecule has 1 atom stereocenters. The first-order chi connectivity index (χ1) is 6.65. The number of nitrogens with zero attached hydrogens (tertiary/aromatic N) is 1. The van der Waals surface area contributed by atoms with Crippen molar-refractivity contribution in [1.29, 1.82) is 0 Å². The summed E-state index contributed by atoms with van der Waals surface area (Å²) in [5.74, 6) is 0. The lowest BCUT2D eigenvalue weighted by molar-refractivity contribution is 0.287. The Balaban J connectivity index is 2.87. The molecular formula is C11H17ClN2. The molecule has 0 saturated carbocycles. The van der Waals surface area contributed by atoms with Gasteiger partial charge < -0.3 is 10.6 Å². The van der Waals surface area contributed by atoms with Gasteiger partial charge in [0.2, 0.25) is 0 Å². The molecule has 0 radical (unpaired) electrons. The zero-order chi connectivity index (χ0) is 10.6. The average Bonchev–Trinajstić information content (AvgIpc) is 2.13. The van der Waals surface area contributed by atoms with E-state index in [1.165, 1.54) is 5.56 Å². The molecule has 3 heteroatoms. The number of hydrogen-bond acceptors (Lipinski definition) is 2. The quantitative estimate of drug-likeness (QED) is 0.830. The van der Waals surface area contributed by atoms with E-state index in [0.29, 0.717) is 12.6 Å². The van der Waals surface area contributed by atoms with Crippen LogP contribution in [0, 0.1) is 0 Å². The van der Waals surface area contributed by atoms with Crippen LogP contribution >= 0.6 is 11.6 Å². The van der Waals surface area contributed by atoms with Crippen molar-refractivity contribution in [3.05, 3.63) is 34.9 Å². The summed E-state index contributed by atoms with van der Waals surface area (Å²) in [5, 5.41) is 0.784. The van der Waals surface area contributed by atoms with Crippen LogP contribution in [-0.4, -0.2) is 25.5 Å². The minimum atomic E-state index is 0.360. The van der Waals surface area contributed by atoms with E-state index in [1.807, 2.05) is 18.2 Å².